The average molecular weight is 309 g/mol. The quantitative estimate of drug-likeness (QED) is 0.848. The Hall–Kier alpha value is -1.85. The number of carboxylic acid groups (broad SMARTS) is 1. The monoisotopic (exact) mass is 308 g/mol. The van der Waals surface area contributed by atoms with Crippen LogP contribution in [0.1, 0.15) is 17.3 Å². The summed E-state index contributed by atoms with van der Waals surface area (Å²) in [5.41, 5.74) is -0.0909. The van der Waals surface area contributed by atoms with E-state index in [1.807, 2.05) is 0 Å². The molecule has 1 unspecified atom stereocenters. The Bertz CT molecular complexity index is 750. The predicted octanol–water partition coefficient (Wildman–Crippen LogP) is 2.60. The van der Waals surface area contributed by atoms with Crippen molar-refractivity contribution in [2.24, 2.45) is 17.3 Å². The third-order valence-electron chi connectivity index (χ3n) is 4.32. The average Bonchev–Trinajstić information content (AvgIpc) is 2.81. The molecule has 0 spiro atoms. The number of aliphatic carboxylic acids is 1. The van der Waals surface area contributed by atoms with Crippen molar-refractivity contribution in [3.63, 3.8) is 0 Å². The number of carboxylic acids is 1. The molecule has 0 bridgehead atoms. The van der Waals surface area contributed by atoms with Gasteiger partial charge in [-0.05, 0) is 18.2 Å². The van der Waals surface area contributed by atoms with Crippen LogP contribution in [0.3, 0.4) is 0 Å². The number of aliphatic hydroxyl groups is 1. The second-order valence-corrected chi connectivity index (χ2v) is 6.03. The summed E-state index contributed by atoms with van der Waals surface area (Å²) in [6, 6.07) is 4.79. The molecule has 1 fully saturated rings. The van der Waals surface area contributed by atoms with Gasteiger partial charge in [0.25, 0.3) is 0 Å². The first-order chi connectivity index (χ1) is 9.90. The van der Waals surface area contributed by atoms with Crippen LogP contribution in [0.2, 0.25) is 5.02 Å². The Morgan fingerprint density at radius 1 is 1.38 bits per heavy atom. The summed E-state index contributed by atoms with van der Waals surface area (Å²) >= 11 is 6.06. The minimum atomic E-state index is -1.07. The van der Waals surface area contributed by atoms with E-state index in [0.717, 1.165) is 0 Å². The van der Waals surface area contributed by atoms with E-state index in [0.29, 0.717) is 21.6 Å². The van der Waals surface area contributed by atoms with Crippen molar-refractivity contribution in [1.29, 1.82) is 0 Å². The molecular weight excluding hydrogens is 296 g/mol. The minimum absolute atomic E-state index is 0.305. The smallest absolute Gasteiger partial charge is 0.307 e. The predicted molar refractivity (Wildman–Crippen MR) is 75.4 cm³/mol. The van der Waals surface area contributed by atoms with E-state index >= 15 is 0 Å². The standard InChI is InChI=1S/C15H13ClO5/c1-15(6-17)10(11(15)14(19)20)12(18)8-4-7-2-3-21-13(7)9(16)5-8/h2-5,10-11,17H,6H2,1H3,(H,19,20)/t10-,11-,15?/m0/s1. The Morgan fingerprint density at radius 3 is 2.67 bits per heavy atom. The number of hydrogen-bond acceptors (Lipinski definition) is 4. The number of rotatable bonds is 4. The van der Waals surface area contributed by atoms with Crippen molar-refractivity contribution in [2.75, 3.05) is 6.61 Å². The summed E-state index contributed by atoms with van der Waals surface area (Å²) in [4.78, 5) is 23.8. The van der Waals surface area contributed by atoms with Gasteiger partial charge < -0.3 is 14.6 Å². The molecule has 0 aliphatic heterocycles. The first kappa shape index (κ1) is 14.1. The lowest BCUT2D eigenvalue weighted by atomic mass is 9.99. The molecule has 1 aromatic carbocycles. The summed E-state index contributed by atoms with van der Waals surface area (Å²) in [6.45, 7) is 1.26. The first-order valence-corrected chi connectivity index (χ1v) is 6.82. The van der Waals surface area contributed by atoms with E-state index in [1.165, 1.54) is 12.3 Å². The molecule has 6 heteroatoms. The Labute approximate surface area is 125 Å². The maximum absolute atomic E-state index is 12.6. The van der Waals surface area contributed by atoms with Crippen LogP contribution in [0, 0.1) is 17.3 Å². The third kappa shape index (κ3) is 1.96. The molecule has 3 rings (SSSR count). The molecule has 1 aliphatic carbocycles. The molecule has 1 saturated carbocycles. The van der Waals surface area contributed by atoms with E-state index in [4.69, 9.17) is 16.0 Å². The Balaban J connectivity index is 2.00. The summed E-state index contributed by atoms with van der Waals surface area (Å²) < 4.78 is 5.20. The van der Waals surface area contributed by atoms with Crippen LogP contribution < -0.4 is 0 Å². The van der Waals surface area contributed by atoms with Crippen molar-refractivity contribution in [1.82, 2.24) is 0 Å². The number of hydrogen-bond donors (Lipinski definition) is 2. The molecule has 110 valence electrons. The van der Waals surface area contributed by atoms with E-state index in [2.05, 4.69) is 0 Å². The van der Waals surface area contributed by atoms with Crippen molar-refractivity contribution in [2.45, 2.75) is 6.92 Å². The van der Waals surface area contributed by atoms with Crippen LogP contribution in [0.25, 0.3) is 11.0 Å². The lowest BCUT2D eigenvalue weighted by molar-refractivity contribution is -0.139. The number of aliphatic hydroxyl groups excluding tert-OH is 1. The summed E-state index contributed by atoms with van der Waals surface area (Å²) in [7, 11) is 0. The summed E-state index contributed by atoms with van der Waals surface area (Å²) in [5.74, 6) is -2.99. The third-order valence-corrected chi connectivity index (χ3v) is 4.61. The molecular formula is C15H13ClO5. The van der Waals surface area contributed by atoms with Crippen molar-refractivity contribution in [3.05, 3.63) is 35.0 Å². The maximum atomic E-state index is 12.6. The number of carbonyl (C=O) groups excluding carboxylic acids is 1. The van der Waals surface area contributed by atoms with Gasteiger partial charge in [-0.25, -0.2) is 0 Å². The lowest BCUT2D eigenvalue weighted by Gasteiger charge is -2.06. The lowest BCUT2D eigenvalue weighted by Crippen LogP contribution is -2.12. The van der Waals surface area contributed by atoms with E-state index in [1.54, 1.807) is 19.1 Å². The van der Waals surface area contributed by atoms with Gasteiger partial charge in [-0.2, -0.15) is 0 Å². The molecule has 0 amide bonds. The van der Waals surface area contributed by atoms with E-state index in [-0.39, 0.29) is 12.4 Å². The van der Waals surface area contributed by atoms with Gasteiger partial charge in [0.2, 0.25) is 0 Å². The highest BCUT2D eigenvalue weighted by atomic mass is 35.5. The van der Waals surface area contributed by atoms with Gasteiger partial charge in [-0.15, -0.1) is 0 Å². The minimum Gasteiger partial charge on any atom is -0.481 e. The normalized spacial score (nSPS) is 27.8. The topological polar surface area (TPSA) is 87.7 Å². The van der Waals surface area contributed by atoms with Gasteiger partial charge in [0.15, 0.2) is 11.4 Å². The zero-order valence-electron chi connectivity index (χ0n) is 11.2. The highest BCUT2D eigenvalue weighted by Crippen LogP contribution is 2.59. The highest BCUT2D eigenvalue weighted by Gasteiger charge is 2.68. The zero-order chi connectivity index (χ0) is 15.4. The Morgan fingerprint density at radius 2 is 2.10 bits per heavy atom. The van der Waals surface area contributed by atoms with Crippen LogP contribution >= 0.6 is 11.6 Å². The van der Waals surface area contributed by atoms with Crippen molar-refractivity contribution >= 4 is 34.3 Å². The molecule has 1 aromatic heterocycles. The molecule has 21 heavy (non-hydrogen) atoms. The van der Waals surface area contributed by atoms with E-state index in [9.17, 15) is 19.8 Å². The van der Waals surface area contributed by atoms with Crippen LogP contribution in [0.5, 0.6) is 0 Å². The van der Waals surface area contributed by atoms with Gasteiger partial charge in [0.05, 0.1) is 23.8 Å². The molecule has 5 nitrogen and oxygen atoms in total. The molecule has 1 heterocycles. The van der Waals surface area contributed by atoms with Gasteiger partial charge in [-0.1, -0.05) is 18.5 Å². The second-order valence-electron chi connectivity index (χ2n) is 5.62. The maximum Gasteiger partial charge on any atom is 0.307 e. The van der Waals surface area contributed by atoms with Gasteiger partial charge in [0.1, 0.15) is 0 Å². The fourth-order valence-corrected chi connectivity index (χ4v) is 3.27. The fraction of sp³-hybridized carbons (Fsp3) is 0.333. The van der Waals surface area contributed by atoms with Crippen LogP contribution in [0.4, 0.5) is 0 Å². The molecule has 3 atom stereocenters. The SMILES string of the molecule is CC1(CO)[C@H](C(=O)O)[C@H]1C(=O)c1cc(Cl)c2occc2c1. The van der Waals surface area contributed by atoms with E-state index < -0.39 is 23.2 Å². The molecule has 2 aromatic rings. The van der Waals surface area contributed by atoms with Crippen molar-refractivity contribution < 1.29 is 24.2 Å². The Kier molecular flexibility index (Phi) is 3.07. The first-order valence-electron chi connectivity index (χ1n) is 6.45. The number of carbonyl (C=O) groups is 2. The number of Topliss-reactive ketones (excluding diaryl/α,β-unsaturated/α-hetero) is 1. The molecule has 2 N–H and O–H groups in total. The molecule has 0 saturated heterocycles. The molecule has 1 aliphatic rings. The van der Waals surface area contributed by atoms with Gasteiger partial charge in [-0.3, -0.25) is 9.59 Å². The van der Waals surface area contributed by atoms with Crippen molar-refractivity contribution in [3.8, 4) is 0 Å². The number of ketones is 1. The zero-order valence-corrected chi connectivity index (χ0v) is 11.9. The highest BCUT2D eigenvalue weighted by molar-refractivity contribution is 6.35. The number of halogens is 1. The van der Waals surface area contributed by atoms with Crippen LogP contribution in [-0.2, 0) is 4.79 Å². The number of furan rings is 1. The summed E-state index contributed by atoms with van der Waals surface area (Å²) in [6.07, 6.45) is 1.47. The summed E-state index contributed by atoms with van der Waals surface area (Å²) in [5, 5.41) is 19.6. The van der Waals surface area contributed by atoms with Crippen LogP contribution in [-0.4, -0.2) is 28.6 Å². The van der Waals surface area contributed by atoms with Gasteiger partial charge >= 0.3 is 5.97 Å². The number of fused-ring (bicyclic) bond motifs is 1. The number of benzene rings is 1. The largest absolute Gasteiger partial charge is 0.481 e. The van der Waals surface area contributed by atoms with Gasteiger partial charge in [0, 0.05) is 22.3 Å². The molecule has 0 radical (unpaired) electrons. The van der Waals surface area contributed by atoms with Crippen LogP contribution in [0.15, 0.2) is 28.9 Å². The fourth-order valence-electron chi connectivity index (χ4n) is 3.00. The second kappa shape index (κ2) is 4.58.